The Morgan fingerprint density at radius 3 is 2.44 bits per heavy atom. The molecule has 1 aromatic rings. The number of piperazine rings is 1. The number of ether oxygens (including phenoxy) is 1. The summed E-state index contributed by atoms with van der Waals surface area (Å²) in [5.74, 6) is 0. The molecule has 0 saturated carbocycles. The lowest BCUT2D eigenvalue weighted by Crippen LogP contribution is -2.50. The minimum atomic E-state index is -0.521. The monoisotopic (exact) mass is 345 g/mol. The molecule has 0 radical (unpaired) electrons. The SMILES string of the molecule is Cc1c(N=[N+]=[N-])cc(C=O)cc1N1CCN(C(=O)OC(C)(C)C)CC1. The van der Waals surface area contributed by atoms with Crippen LogP contribution in [0.1, 0.15) is 36.7 Å². The van der Waals surface area contributed by atoms with Gasteiger partial charge in [-0.3, -0.25) is 4.79 Å². The molecule has 1 aliphatic rings. The third kappa shape index (κ3) is 4.64. The lowest BCUT2D eigenvalue weighted by molar-refractivity contribution is 0.0240. The third-order valence-electron chi connectivity index (χ3n) is 3.94. The van der Waals surface area contributed by atoms with Crippen molar-refractivity contribution in [1.82, 2.24) is 4.90 Å². The molecule has 0 spiro atoms. The summed E-state index contributed by atoms with van der Waals surface area (Å²) in [4.78, 5) is 29.9. The number of rotatable bonds is 3. The molecule has 1 fully saturated rings. The van der Waals surface area contributed by atoms with Crippen molar-refractivity contribution >= 4 is 23.8 Å². The highest BCUT2D eigenvalue weighted by Crippen LogP contribution is 2.31. The number of anilines is 1. The van der Waals surface area contributed by atoms with Gasteiger partial charge < -0.3 is 14.5 Å². The maximum atomic E-state index is 12.1. The van der Waals surface area contributed by atoms with Gasteiger partial charge in [-0.15, -0.1) is 0 Å². The molecule has 25 heavy (non-hydrogen) atoms. The Balaban J connectivity index is 2.15. The Hall–Kier alpha value is -2.73. The van der Waals surface area contributed by atoms with Gasteiger partial charge in [0, 0.05) is 48.0 Å². The molecule has 0 aromatic heterocycles. The number of azide groups is 1. The van der Waals surface area contributed by atoms with E-state index in [0.717, 1.165) is 17.5 Å². The van der Waals surface area contributed by atoms with Crippen LogP contribution in [0, 0.1) is 6.92 Å². The maximum absolute atomic E-state index is 12.1. The van der Waals surface area contributed by atoms with Gasteiger partial charge in [0.25, 0.3) is 0 Å². The summed E-state index contributed by atoms with van der Waals surface area (Å²) in [6.07, 6.45) is 0.413. The van der Waals surface area contributed by atoms with Gasteiger partial charge >= 0.3 is 6.09 Å². The molecular formula is C17H23N5O3. The van der Waals surface area contributed by atoms with Crippen LogP contribution in [-0.4, -0.2) is 49.1 Å². The fourth-order valence-corrected chi connectivity index (χ4v) is 2.71. The first-order chi connectivity index (χ1) is 11.7. The fourth-order valence-electron chi connectivity index (χ4n) is 2.71. The van der Waals surface area contributed by atoms with Crippen LogP contribution in [0.4, 0.5) is 16.2 Å². The van der Waals surface area contributed by atoms with E-state index in [1.54, 1.807) is 17.0 Å². The molecule has 1 saturated heterocycles. The van der Waals surface area contributed by atoms with Crippen LogP contribution in [0.15, 0.2) is 17.2 Å². The topological polar surface area (TPSA) is 98.6 Å². The van der Waals surface area contributed by atoms with Gasteiger partial charge in [-0.1, -0.05) is 5.11 Å². The van der Waals surface area contributed by atoms with Crippen molar-refractivity contribution < 1.29 is 14.3 Å². The maximum Gasteiger partial charge on any atom is 0.410 e. The zero-order valence-corrected chi connectivity index (χ0v) is 15.0. The van der Waals surface area contributed by atoms with Crippen LogP contribution in [0.2, 0.25) is 0 Å². The molecular weight excluding hydrogens is 322 g/mol. The van der Waals surface area contributed by atoms with Gasteiger partial charge in [-0.2, -0.15) is 0 Å². The average molecular weight is 345 g/mol. The minimum absolute atomic E-state index is 0.319. The molecule has 0 N–H and O–H groups in total. The number of amides is 1. The van der Waals surface area contributed by atoms with Crippen LogP contribution >= 0.6 is 0 Å². The van der Waals surface area contributed by atoms with Crippen LogP contribution < -0.4 is 4.90 Å². The van der Waals surface area contributed by atoms with E-state index < -0.39 is 5.60 Å². The smallest absolute Gasteiger partial charge is 0.410 e. The predicted molar refractivity (Wildman–Crippen MR) is 95.4 cm³/mol. The number of carbonyl (C=O) groups is 2. The van der Waals surface area contributed by atoms with Gasteiger partial charge in [0.1, 0.15) is 11.9 Å². The molecule has 8 heteroatoms. The summed E-state index contributed by atoms with van der Waals surface area (Å²) in [5, 5.41) is 3.66. The molecule has 0 aliphatic carbocycles. The second-order valence-corrected chi connectivity index (χ2v) is 6.95. The molecule has 1 heterocycles. The van der Waals surface area contributed by atoms with Crippen molar-refractivity contribution in [2.75, 3.05) is 31.1 Å². The first-order valence-corrected chi connectivity index (χ1v) is 8.13. The highest BCUT2D eigenvalue weighted by atomic mass is 16.6. The van der Waals surface area contributed by atoms with Crippen LogP contribution in [-0.2, 0) is 4.74 Å². The second-order valence-electron chi connectivity index (χ2n) is 6.95. The third-order valence-corrected chi connectivity index (χ3v) is 3.94. The summed E-state index contributed by atoms with van der Waals surface area (Å²) in [6, 6.07) is 3.35. The summed E-state index contributed by atoms with van der Waals surface area (Å²) >= 11 is 0. The van der Waals surface area contributed by atoms with E-state index in [9.17, 15) is 9.59 Å². The molecule has 1 aliphatic heterocycles. The average Bonchev–Trinajstić information content (AvgIpc) is 2.55. The highest BCUT2D eigenvalue weighted by molar-refractivity contribution is 5.82. The van der Waals surface area contributed by atoms with Gasteiger partial charge in [0.05, 0.1) is 0 Å². The Morgan fingerprint density at radius 2 is 1.92 bits per heavy atom. The van der Waals surface area contributed by atoms with Crippen molar-refractivity contribution in [2.45, 2.75) is 33.3 Å². The summed E-state index contributed by atoms with van der Waals surface area (Å²) in [7, 11) is 0. The van der Waals surface area contributed by atoms with E-state index in [0.29, 0.717) is 37.4 Å². The molecule has 1 amide bonds. The van der Waals surface area contributed by atoms with E-state index in [1.165, 1.54) is 0 Å². The molecule has 0 unspecified atom stereocenters. The number of carbonyl (C=O) groups excluding carboxylic acids is 2. The van der Waals surface area contributed by atoms with Crippen LogP contribution in [0.3, 0.4) is 0 Å². The van der Waals surface area contributed by atoms with Gasteiger partial charge in [-0.05, 0) is 50.9 Å². The molecule has 1 aromatic carbocycles. The van der Waals surface area contributed by atoms with Crippen molar-refractivity contribution in [2.24, 2.45) is 5.11 Å². The summed E-state index contributed by atoms with van der Waals surface area (Å²) in [6.45, 7) is 9.64. The molecule has 0 bridgehead atoms. The van der Waals surface area contributed by atoms with E-state index in [1.807, 2.05) is 27.7 Å². The van der Waals surface area contributed by atoms with Crippen molar-refractivity contribution in [3.05, 3.63) is 33.7 Å². The van der Waals surface area contributed by atoms with Crippen LogP contribution in [0.5, 0.6) is 0 Å². The Labute approximate surface area is 147 Å². The largest absolute Gasteiger partial charge is 0.444 e. The molecule has 0 atom stereocenters. The number of hydrogen-bond donors (Lipinski definition) is 0. The molecule has 2 rings (SSSR count). The van der Waals surface area contributed by atoms with E-state index >= 15 is 0 Å². The van der Waals surface area contributed by atoms with Gasteiger partial charge in [0.2, 0.25) is 0 Å². The van der Waals surface area contributed by atoms with Crippen molar-refractivity contribution in [1.29, 1.82) is 0 Å². The Kier molecular flexibility index (Phi) is 5.54. The van der Waals surface area contributed by atoms with Crippen molar-refractivity contribution in [3.63, 3.8) is 0 Å². The zero-order valence-electron chi connectivity index (χ0n) is 15.0. The number of nitrogens with zero attached hydrogens (tertiary/aromatic N) is 5. The first-order valence-electron chi connectivity index (χ1n) is 8.13. The van der Waals surface area contributed by atoms with Crippen molar-refractivity contribution in [3.8, 4) is 0 Å². The minimum Gasteiger partial charge on any atom is -0.444 e. The van der Waals surface area contributed by atoms with Crippen LogP contribution in [0.25, 0.3) is 10.4 Å². The van der Waals surface area contributed by atoms with E-state index in [2.05, 4.69) is 14.9 Å². The second kappa shape index (κ2) is 7.44. The zero-order chi connectivity index (χ0) is 18.6. The lowest BCUT2D eigenvalue weighted by atomic mass is 10.1. The lowest BCUT2D eigenvalue weighted by Gasteiger charge is -2.37. The van der Waals surface area contributed by atoms with Gasteiger partial charge in [0.15, 0.2) is 0 Å². The number of benzene rings is 1. The van der Waals surface area contributed by atoms with E-state index in [-0.39, 0.29) is 6.09 Å². The summed E-state index contributed by atoms with van der Waals surface area (Å²) in [5.41, 5.74) is 10.7. The summed E-state index contributed by atoms with van der Waals surface area (Å²) < 4.78 is 5.40. The quantitative estimate of drug-likeness (QED) is 0.360. The molecule has 8 nitrogen and oxygen atoms in total. The first kappa shape index (κ1) is 18.6. The number of hydrogen-bond acceptors (Lipinski definition) is 5. The standard InChI is InChI=1S/C17H23N5O3/c1-12-14(19-20-18)9-13(11-23)10-15(12)21-5-7-22(8-6-21)16(24)25-17(2,3)4/h9-11H,5-8H2,1-4H3. The van der Waals surface area contributed by atoms with E-state index in [4.69, 9.17) is 10.3 Å². The normalized spacial score (nSPS) is 14.7. The van der Waals surface area contributed by atoms with Gasteiger partial charge in [-0.25, -0.2) is 4.79 Å². The number of aldehydes is 1. The fraction of sp³-hybridized carbons (Fsp3) is 0.529. The Morgan fingerprint density at radius 1 is 1.28 bits per heavy atom. The Bertz CT molecular complexity index is 712. The predicted octanol–water partition coefficient (Wildman–Crippen LogP) is 3.81. The molecule has 134 valence electrons. The highest BCUT2D eigenvalue weighted by Gasteiger charge is 2.26.